The van der Waals surface area contributed by atoms with E-state index in [-0.39, 0.29) is 11.4 Å². The summed E-state index contributed by atoms with van der Waals surface area (Å²) < 4.78 is 0. The van der Waals surface area contributed by atoms with E-state index in [1.165, 1.54) is 17.5 Å². The first-order valence-electron chi connectivity index (χ1n) is 5.18. The number of thiazole rings is 1. The van der Waals surface area contributed by atoms with Crippen molar-refractivity contribution in [1.29, 1.82) is 0 Å². The maximum Gasteiger partial charge on any atom is 0.355 e. The fourth-order valence-corrected chi connectivity index (χ4v) is 2.10. The Morgan fingerprint density at radius 3 is 2.84 bits per heavy atom. The molecule has 0 bridgehead atoms. The second-order valence-corrected chi connectivity index (χ2v) is 4.58. The molecule has 0 atom stereocenters. The molecule has 0 amide bonds. The van der Waals surface area contributed by atoms with Crippen molar-refractivity contribution in [3.05, 3.63) is 45.0 Å². The molecular formula is C11H9N3O4S. The molecule has 2 N–H and O–H groups in total. The first-order valence-corrected chi connectivity index (χ1v) is 6.06. The third-order valence-corrected chi connectivity index (χ3v) is 3.15. The summed E-state index contributed by atoms with van der Waals surface area (Å²) in [6.07, 6.45) is 0. The highest BCUT2D eigenvalue weighted by Gasteiger charge is 2.12. The average molecular weight is 279 g/mol. The van der Waals surface area contributed by atoms with Crippen LogP contribution in [-0.2, 0) is 0 Å². The van der Waals surface area contributed by atoms with Gasteiger partial charge in [-0.05, 0) is 12.5 Å². The Morgan fingerprint density at radius 1 is 1.53 bits per heavy atom. The Labute approximate surface area is 111 Å². The summed E-state index contributed by atoms with van der Waals surface area (Å²) >= 11 is 1.12. The van der Waals surface area contributed by atoms with Gasteiger partial charge in [0.2, 0.25) is 0 Å². The average Bonchev–Trinajstić information content (AvgIpc) is 2.80. The molecule has 1 heterocycles. The monoisotopic (exact) mass is 279 g/mol. The summed E-state index contributed by atoms with van der Waals surface area (Å²) in [5.41, 5.74) is 1.23. The van der Waals surface area contributed by atoms with Crippen molar-refractivity contribution in [2.45, 2.75) is 6.92 Å². The van der Waals surface area contributed by atoms with E-state index in [4.69, 9.17) is 5.11 Å². The van der Waals surface area contributed by atoms with Crippen LogP contribution in [0, 0.1) is 17.0 Å². The maximum atomic E-state index is 10.7. The van der Waals surface area contributed by atoms with Crippen LogP contribution >= 0.6 is 11.3 Å². The van der Waals surface area contributed by atoms with Gasteiger partial charge >= 0.3 is 5.97 Å². The van der Waals surface area contributed by atoms with Gasteiger partial charge in [-0.2, -0.15) is 0 Å². The van der Waals surface area contributed by atoms with E-state index in [2.05, 4.69) is 10.3 Å². The Hall–Kier alpha value is -2.48. The number of hydrogen-bond donors (Lipinski definition) is 2. The van der Waals surface area contributed by atoms with Crippen LogP contribution in [0.15, 0.2) is 23.6 Å². The van der Waals surface area contributed by atoms with Crippen LogP contribution in [0.25, 0.3) is 0 Å². The number of nitrogens with one attached hydrogen (secondary N) is 1. The standard InChI is InChI=1S/C11H9N3O4S/c1-6-2-3-7(14(17)18)4-8(6)12-11-13-9(5-19-11)10(15)16/h2-5H,1H3,(H,12,13)(H,15,16). The summed E-state index contributed by atoms with van der Waals surface area (Å²) in [6, 6.07) is 4.41. The molecule has 2 aromatic rings. The lowest BCUT2D eigenvalue weighted by atomic mass is 10.2. The van der Waals surface area contributed by atoms with Crippen LogP contribution in [0.1, 0.15) is 16.1 Å². The fraction of sp³-hybridized carbons (Fsp3) is 0.0909. The van der Waals surface area contributed by atoms with Crippen LogP contribution in [-0.4, -0.2) is 21.0 Å². The van der Waals surface area contributed by atoms with Crippen LogP contribution in [0.5, 0.6) is 0 Å². The zero-order valence-corrected chi connectivity index (χ0v) is 10.6. The summed E-state index contributed by atoms with van der Waals surface area (Å²) in [6.45, 7) is 1.79. The van der Waals surface area contributed by atoms with Gasteiger partial charge in [-0.25, -0.2) is 9.78 Å². The van der Waals surface area contributed by atoms with Gasteiger partial charge in [-0.3, -0.25) is 10.1 Å². The highest BCUT2D eigenvalue weighted by molar-refractivity contribution is 7.14. The van der Waals surface area contributed by atoms with Crippen LogP contribution in [0.2, 0.25) is 0 Å². The molecule has 19 heavy (non-hydrogen) atoms. The first-order chi connectivity index (χ1) is 8.97. The van der Waals surface area contributed by atoms with E-state index in [1.807, 2.05) is 0 Å². The SMILES string of the molecule is Cc1ccc([N+](=O)[O-])cc1Nc1nc(C(=O)O)cs1. The predicted molar refractivity (Wildman–Crippen MR) is 70.2 cm³/mol. The molecule has 8 heteroatoms. The number of non-ortho nitro benzene ring substituents is 1. The highest BCUT2D eigenvalue weighted by Crippen LogP contribution is 2.27. The summed E-state index contributed by atoms with van der Waals surface area (Å²) in [5, 5.41) is 24.1. The number of nitro benzene ring substituents is 1. The van der Waals surface area contributed by atoms with E-state index >= 15 is 0 Å². The second kappa shape index (κ2) is 5.02. The zero-order chi connectivity index (χ0) is 14.0. The number of benzene rings is 1. The first kappa shape index (κ1) is 13.0. The number of aromatic carboxylic acids is 1. The normalized spacial score (nSPS) is 10.2. The minimum atomic E-state index is -1.11. The molecule has 1 aromatic carbocycles. The number of aryl methyl sites for hydroxylation is 1. The summed E-state index contributed by atoms with van der Waals surface area (Å²) in [7, 11) is 0. The van der Waals surface area contributed by atoms with Crippen molar-refractivity contribution >= 4 is 33.8 Å². The van der Waals surface area contributed by atoms with Gasteiger partial charge in [0.05, 0.1) is 10.6 Å². The van der Waals surface area contributed by atoms with E-state index in [0.29, 0.717) is 10.8 Å². The third-order valence-electron chi connectivity index (χ3n) is 2.40. The van der Waals surface area contributed by atoms with Crippen molar-refractivity contribution < 1.29 is 14.8 Å². The molecule has 0 saturated heterocycles. The Balaban J connectivity index is 2.29. The van der Waals surface area contributed by atoms with Crippen molar-refractivity contribution in [2.75, 3.05) is 5.32 Å². The molecule has 0 radical (unpaired) electrons. The lowest BCUT2D eigenvalue weighted by molar-refractivity contribution is -0.384. The quantitative estimate of drug-likeness (QED) is 0.658. The molecule has 0 aliphatic carbocycles. The van der Waals surface area contributed by atoms with Gasteiger partial charge in [0, 0.05) is 17.5 Å². The highest BCUT2D eigenvalue weighted by atomic mass is 32.1. The Bertz CT molecular complexity index is 653. The number of nitrogens with zero attached hydrogens (tertiary/aromatic N) is 2. The number of nitro groups is 1. The van der Waals surface area contributed by atoms with Gasteiger partial charge < -0.3 is 10.4 Å². The molecule has 2 rings (SSSR count). The number of hydrogen-bond acceptors (Lipinski definition) is 6. The van der Waals surface area contributed by atoms with Crippen LogP contribution in [0.4, 0.5) is 16.5 Å². The van der Waals surface area contributed by atoms with E-state index in [0.717, 1.165) is 16.9 Å². The molecule has 0 unspecified atom stereocenters. The Kier molecular flexibility index (Phi) is 3.43. The number of rotatable bonds is 4. The lowest BCUT2D eigenvalue weighted by Gasteiger charge is -2.05. The second-order valence-electron chi connectivity index (χ2n) is 3.72. The van der Waals surface area contributed by atoms with Crippen LogP contribution < -0.4 is 5.32 Å². The van der Waals surface area contributed by atoms with Crippen molar-refractivity contribution in [2.24, 2.45) is 0 Å². The van der Waals surface area contributed by atoms with Crippen molar-refractivity contribution in [3.8, 4) is 0 Å². The molecule has 1 aromatic heterocycles. The molecule has 0 fully saturated rings. The zero-order valence-electron chi connectivity index (χ0n) is 9.78. The largest absolute Gasteiger partial charge is 0.476 e. The molecule has 98 valence electrons. The maximum absolute atomic E-state index is 10.7. The number of carboxylic acids is 1. The fourth-order valence-electron chi connectivity index (χ4n) is 1.40. The van der Waals surface area contributed by atoms with E-state index in [9.17, 15) is 14.9 Å². The topological polar surface area (TPSA) is 105 Å². The van der Waals surface area contributed by atoms with Gasteiger partial charge in [0.25, 0.3) is 5.69 Å². The smallest absolute Gasteiger partial charge is 0.355 e. The molecule has 0 aliphatic rings. The molecule has 0 saturated carbocycles. The van der Waals surface area contributed by atoms with Crippen molar-refractivity contribution in [1.82, 2.24) is 4.98 Å². The van der Waals surface area contributed by atoms with Gasteiger partial charge in [-0.15, -0.1) is 11.3 Å². The van der Waals surface area contributed by atoms with Crippen molar-refractivity contribution in [3.63, 3.8) is 0 Å². The van der Waals surface area contributed by atoms with Gasteiger partial charge in [-0.1, -0.05) is 6.07 Å². The third kappa shape index (κ3) is 2.86. The lowest BCUT2D eigenvalue weighted by Crippen LogP contribution is -1.98. The van der Waals surface area contributed by atoms with Gasteiger partial charge in [0.15, 0.2) is 10.8 Å². The molecular weight excluding hydrogens is 270 g/mol. The summed E-state index contributed by atoms with van der Waals surface area (Å²) in [4.78, 5) is 24.8. The molecule has 7 nitrogen and oxygen atoms in total. The summed E-state index contributed by atoms with van der Waals surface area (Å²) in [5.74, 6) is -1.11. The van der Waals surface area contributed by atoms with Crippen LogP contribution in [0.3, 0.4) is 0 Å². The minimum absolute atomic E-state index is 0.0388. The number of carboxylic acid groups (broad SMARTS) is 1. The number of aromatic nitrogens is 1. The van der Waals surface area contributed by atoms with Gasteiger partial charge in [0.1, 0.15) is 0 Å². The number of anilines is 2. The Morgan fingerprint density at radius 2 is 2.26 bits per heavy atom. The van der Waals surface area contributed by atoms with E-state index in [1.54, 1.807) is 13.0 Å². The number of carbonyl (C=O) groups is 1. The van der Waals surface area contributed by atoms with E-state index < -0.39 is 10.9 Å². The molecule has 0 spiro atoms. The molecule has 0 aliphatic heterocycles. The minimum Gasteiger partial charge on any atom is -0.476 e. The predicted octanol–water partition coefficient (Wildman–Crippen LogP) is 2.80.